The molecule has 2 N–H and O–H groups in total. The average molecular weight is 404 g/mol. The summed E-state index contributed by atoms with van der Waals surface area (Å²) in [6, 6.07) is 0. The highest BCUT2D eigenvalue weighted by atomic mass is 31.2. The summed E-state index contributed by atoms with van der Waals surface area (Å²) in [5.74, 6) is -0.605. The second kappa shape index (κ2) is 17.5. The Hall–Kier alpha value is -0.640. The molecule has 0 bridgehead atoms. The van der Waals surface area contributed by atoms with Crippen molar-refractivity contribution in [2.24, 2.45) is 5.73 Å². The smallest absolute Gasteiger partial charge is 0.342 e. The summed E-state index contributed by atoms with van der Waals surface area (Å²) in [6.45, 7) is 4.21. The van der Waals surface area contributed by atoms with Crippen molar-refractivity contribution in [3.05, 3.63) is 12.2 Å². The fourth-order valence-corrected chi connectivity index (χ4v) is 4.85. The normalized spacial score (nSPS) is 15.1. The van der Waals surface area contributed by atoms with Crippen LogP contribution in [-0.2, 0) is 18.4 Å². The maximum absolute atomic E-state index is 12.5. The molecule has 1 amide bonds. The van der Waals surface area contributed by atoms with Gasteiger partial charge in [0.2, 0.25) is 5.91 Å². The summed E-state index contributed by atoms with van der Waals surface area (Å²) in [4.78, 5) is 11.6. The summed E-state index contributed by atoms with van der Waals surface area (Å²) >= 11 is 0. The number of primary amides is 1. The van der Waals surface area contributed by atoms with Crippen LogP contribution < -0.4 is 5.73 Å². The van der Waals surface area contributed by atoms with Crippen LogP contribution in [0.2, 0.25) is 0 Å². The van der Waals surface area contributed by atoms with Crippen molar-refractivity contribution in [3.8, 4) is 0 Å². The van der Waals surface area contributed by atoms with Crippen LogP contribution in [0.1, 0.15) is 97.3 Å². The summed E-state index contributed by atoms with van der Waals surface area (Å²) in [5, 5.41) is 0. The monoisotopic (exact) mass is 403 g/mol. The highest BCUT2D eigenvalue weighted by Crippen LogP contribution is 2.53. The predicted octanol–water partition coefficient (Wildman–Crippen LogP) is 6.36. The number of carbonyl (C=O) groups excluding carboxylic acids is 1. The second-order valence-electron chi connectivity index (χ2n) is 7.08. The number of rotatable bonds is 19. The fraction of sp³-hybridized carbons (Fsp3) is 0.857. The molecule has 0 heterocycles. The van der Waals surface area contributed by atoms with Gasteiger partial charge in [0.15, 0.2) is 0 Å². The molecule has 0 aromatic rings. The Morgan fingerprint density at radius 1 is 0.926 bits per heavy atom. The molecule has 0 aromatic heterocycles. The van der Waals surface area contributed by atoms with E-state index in [1.807, 2.05) is 0 Å². The van der Waals surface area contributed by atoms with Crippen LogP contribution >= 0.6 is 7.60 Å². The van der Waals surface area contributed by atoms with E-state index in [1.165, 1.54) is 52.1 Å². The largest absolute Gasteiger partial charge is 0.369 e. The minimum Gasteiger partial charge on any atom is -0.369 e. The number of hydrogen-bond acceptors (Lipinski definition) is 4. The lowest BCUT2D eigenvalue weighted by atomic mass is 10.1. The first kappa shape index (κ1) is 26.4. The van der Waals surface area contributed by atoms with Gasteiger partial charge in [-0.3, -0.25) is 9.36 Å². The van der Waals surface area contributed by atoms with Gasteiger partial charge in [0.05, 0.1) is 6.61 Å². The maximum Gasteiger partial charge on any atom is 0.342 e. The van der Waals surface area contributed by atoms with Crippen molar-refractivity contribution in [2.45, 2.75) is 103 Å². The SMILES string of the molecule is CCCCCCCC/C=C\CCCCCCC(C(N)=O)P(=O)(OC)OCC. The number of allylic oxidation sites excluding steroid dienone is 2. The highest BCUT2D eigenvalue weighted by molar-refractivity contribution is 7.55. The van der Waals surface area contributed by atoms with Crippen molar-refractivity contribution in [3.63, 3.8) is 0 Å². The lowest BCUT2D eigenvalue weighted by Crippen LogP contribution is -2.30. The molecule has 0 saturated heterocycles. The van der Waals surface area contributed by atoms with Crippen LogP contribution in [0.3, 0.4) is 0 Å². The molecule has 6 heteroatoms. The number of hydrogen-bond donors (Lipinski definition) is 1. The molecule has 0 fully saturated rings. The number of carbonyl (C=O) groups is 1. The van der Waals surface area contributed by atoms with E-state index >= 15 is 0 Å². The minimum absolute atomic E-state index is 0.236. The molecule has 160 valence electrons. The van der Waals surface area contributed by atoms with E-state index in [2.05, 4.69) is 19.1 Å². The van der Waals surface area contributed by atoms with Gasteiger partial charge in [-0.2, -0.15) is 0 Å². The minimum atomic E-state index is -3.44. The van der Waals surface area contributed by atoms with Crippen molar-refractivity contribution in [2.75, 3.05) is 13.7 Å². The van der Waals surface area contributed by atoms with Gasteiger partial charge in [-0.05, 0) is 39.0 Å². The number of unbranched alkanes of at least 4 members (excludes halogenated alkanes) is 10. The van der Waals surface area contributed by atoms with E-state index in [4.69, 9.17) is 14.8 Å². The quantitative estimate of drug-likeness (QED) is 0.154. The zero-order chi connectivity index (χ0) is 20.4. The molecule has 0 aromatic carbocycles. The van der Waals surface area contributed by atoms with Crippen LogP contribution in [0.25, 0.3) is 0 Å². The molecular formula is C21H42NO4P. The molecule has 0 rings (SSSR count). The fourth-order valence-electron chi connectivity index (χ4n) is 3.14. The molecule has 0 aliphatic rings. The molecule has 0 saturated carbocycles. The second-order valence-corrected chi connectivity index (χ2v) is 9.40. The first-order valence-electron chi connectivity index (χ1n) is 10.8. The van der Waals surface area contributed by atoms with Gasteiger partial charge in [0, 0.05) is 7.11 Å². The van der Waals surface area contributed by atoms with Crippen molar-refractivity contribution in [1.29, 1.82) is 0 Å². The first-order chi connectivity index (χ1) is 13.0. The third-order valence-corrected chi connectivity index (χ3v) is 7.17. The van der Waals surface area contributed by atoms with Gasteiger partial charge in [-0.25, -0.2) is 0 Å². The first-order valence-corrected chi connectivity index (χ1v) is 12.4. The highest BCUT2D eigenvalue weighted by Gasteiger charge is 2.38. The average Bonchev–Trinajstić information content (AvgIpc) is 2.64. The molecule has 0 aliphatic heterocycles. The predicted molar refractivity (Wildman–Crippen MR) is 114 cm³/mol. The van der Waals surface area contributed by atoms with Crippen LogP contribution in [0.15, 0.2) is 12.2 Å². The molecule has 27 heavy (non-hydrogen) atoms. The van der Waals surface area contributed by atoms with Gasteiger partial charge in [0.1, 0.15) is 5.66 Å². The topological polar surface area (TPSA) is 78.6 Å². The van der Waals surface area contributed by atoms with Gasteiger partial charge in [-0.15, -0.1) is 0 Å². The third-order valence-electron chi connectivity index (χ3n) is 4.76. The Morgan fingerprint density at radius 3 is 1.93 bits per heavy atom. The standard InChI is InChI=1S/C21H42NO4P/c1-4-6-7-8-9-10-11-12-13-14-15-16-17-18-19-20(21(22)23)27(24,25-3)26-5-2/h12-13,20H,4-11,14-19H2,1-3H3,(H2,22,23)/b13-12-. The lowest BCUT2D eigenvalue weighted by molar-refractivity contribution is -0.118. The summed E-state index contributed by atoms with van der Waals surface area (Å²) < 4.78 is 22.7. The van der Waals surface area contributed by atoms with Gasteiger partial charge in [0.25, 0.3) is 0 Å². The molecule has 0 aliphatic carbocycles. The van der Waals surface area contributed by atoms with Crippen LogP contribution in [-0.4, -0.2) is 25.3 Å². The summed E-state index contributed by atoms with van der Waals surface area (Å²) in [5.41, 5.74) is 4.56. The van der Waals surface area contributed by atoms with Gasteiger partial charge >= 0.3 is 7.60 Å². The number of amides is 1. The van der Waals surface area contributed by atoms with Gasteiger partial charge < -0.3 is 14.8 Å². The zero-order valence-corrected chi connectivity index (χ0v) is 18.7. The van der Waals surface area contributed by atoms with E-state index < -0.39 is 19.2 Å². The van der Waals surface area contributed by atoms with Crippen molar-refractivity contribution in [1.82, 2.24) is 0 Å². The molecule has 0 spiro atoms. The third kappa shape index (κ3) is 13.2. The zero-order valence-electron chi connectivity index (χ0n) is 17.8. The molecule has 0 radical (unpaired) electrons. The Labute approximate surface area is 167 Å². The summed E-state index contributed by atoms with van der Waals surface area (Å²) in [7, 11) is -2.13. The maximum atomic E-state index is 12.5. The Bertz CT molecular complexity index is 440. The number of nitrogens with two attached hydrogens (primary N) is 1. The molecule has 2 atom stereocenters. The van der Waals surface area contributed by atoms with Crippen LogP contribution in [0.5, 0.6) is 0 Å². The van der Waals surface area contributed by atoms with E-state index in [-0.39, 0.29) is 6.61 Å². The van der Waals surface area contributed by atoms with Crippen molar-refractivity contribution >= 4 is 13.5 Å². The lowest BCUT2D eigenvalue weighted by Gasteiger charge is -2.22. The van der Waals surface area contributed by atoms with Gasteiger partial charge in [-0.1, -0.05) is 70.4 Å². The Morgan fingerprint density at radius 2 is 1.44 bits per heavy atom. The van der Waals surface area contributed by atoms with Crippen LogP contribution in [0.4, 0.5) is 0 Å². The van der Waals surface area contributed by atoms with E-state index in [9.17, 15) is 9.36 Å². The van der Waals surface area contributed by atoms with Crippen LogP contribution in [0, 0.1) is 0 Å². The van der Waals surface area contributed by atoms with E-state index in [0.29, 0.717) is 6.42 Å². The Balaban J connectivity index is 3.78. The molecule has 2 unspecified atom stereocenters. The van der Waals surface area contributed by atoms with E-state index in [0.717, 1.165) is 32.1 Å². The summed E-state index contributed by atoms with van der Waals surface area (Å²) in [6.07, 6.45) is 19.4. The molecular weight excluding hydrogens is 361 g/mol. The van der Waals surface area contributed by atoms with E-state index in [1.54, 1.807) is 6.92 Å². The molecule has 5 nitrogen and oxygen atoms in total. The Kier molecular flexibility index (Phi) is 17.0. The van der Waals surface area contributed by atoms with Crippen molar-refractivity contribution < 1.29 is 18.4 Å².